The van der Waals surface area contributed by atoms with E-state index in [9.17, 15) is 4.79 Å². The van der Waals surface area contributed by atoms with Gasteiger partial charge in [-0.25, -0.2) is 14.6 Å². The highest BCUT2D eigenvalue weighted by molar-refractivity contribution is 5.88. The molecule has 0 unspecified atom stereocenters. The van der Waals surface area contributed by atoms with Crippen LogP contribution in [0.3, 0.4) is 0 Å². The van der Waals surface area contributed by atoms with Crippen molar-refractivity contribution in [1.82, 2.24) is 24.7 Å². The van der Waals surface area contributed by atoms with Crippen LogP contribution in [0.2, 0.25) is 0 Å². The number of aryl methyl sites for hydroxylation is 1. The summed E-state index contributed by atoms with van der Waals surface area (Å²) in [6, 6.07) is 4.12. The Balaban J connectivity index is 1.31. The predicted molar refractivity (Wildman–Crippen MR) is 109 cm³/mol. The molecule has 1 aliphatic heterocycles. The van der Waals surface area contributed by atoms with Crippen molar-refractivity contribution in [3.8, 4) is 0 Å². The van der Waals surface area contributed by atoms with Gasteiger partial charge in [0.05, 0.1) is 36.7 Å². The van der Waals surface area contributed by atoms with Crippen molar-refractivity contribution in [1.29, 1.82) is 0 Å². The van der Waals surface area contributed by atoms with Crippen molar-refractivity contribution >= 4 is 16.7 Å². The van der Waals surface area contributed by atoms with Crippen molar-refractivity contribution < 1.29 is 4.74 Å². The number of nitrogens with one attached hydrogen (secondary N) is 1. The minimum Gasteiger partial charge on any atom is -0.376 e. The molecule has 1 saturated carbocycles. The molecule has 4 heterocycles. The summed E-state index contributed by atoms with van der Waals surface area (Å²) >= 11 is 0. The highest BCUT2D eigenvalue weighted by Gasteiger charge is 2.26. The molecule has 0 saturated heterocycles. The van der Waals surface area contributed by atoms with Crippen molar-refractivity contribution in [2.45, 2.75) is 57.7 Å². The van der Waals surface area contributed by atoms with Gasteiger partial charge in [-0.3, -0.25) is 9.78 Å². The van der Waals surface area contributed by atoms with Crippen molar-refractivity contribution in [3.05, 3.63) is 52.0 Å². The second-order valence-electron chi connectivity index (χ2n) is 7.86. The van der Waals surface area contributed by atoms with Gasteiger partial charge in [0.25, 0.3) is 5.56 Å². The van der Waals surface area contributed by atoms with Gasteiger partial charge in [-0.2, -0.15) is 5.10 Å². The van der Waals surface area contributed by atoms with E-state index < -0.39 is 0 Å². The van der Waals surface area contributed by atoms with E-state index in [1.54, 1.807) is 23.1 Å². The Hall–Kier alpha value is -2.87. The summed E-state index contributed by atoms with van der Waals surface area (Å²) < 4.78 is 7.14. The minimum absolute atomic E-state index is 0.0180. The normalized spacial score (nSPS) is 21.7. The van der Waals surface area contributed by atoms with Crippen LogP contribution in [0, 0.1) is 6.92 Å². The third-order valence-electron chi connectivity index (χ3n) is 5.86. The fourth-order valence-electron chi connectivity index (χ4n) is 4.36. The largest absolute Gasteiger partial charge is 0.376 e. The molecule has 1 fully saturated rings. The Morgan fingerprint density at radius 1 is 1.21 bits per heavy atom. The second kappa shape index (κ2) is 7.51. The second-order valence-corrected chi connectivity index (χ2v) is 7.86. The number of hydrogen-bond donors (Lipinski definition) is 1. The van der Waals surface area contributed by atoms with Crippen LogP contribution in [0.15, 0.2) is 29.3 Å². The summed E-state index contributed by atoms with van der Waals surface area (Å²) in [6.45, 7) is 3.07. The number of hydrogen-bond acceptors (Lipinski definition) is 7. The molecule has 2 aliphatic rings. The maximum Gasteiger partial charge on any atom is 0.267 e. The lowest BCUT2D eigenvalue weighted by Crippen LogP contribution is -2.35. The lowest BCUT2D eigenvalue weighted by atomic mass is 9.91. The molecule has 0 atom stereocenters. The highest BCUT2D eigenvalue weighted by Crippen LogP contribution is 2.30. The molecule has 1 N–H and O–H groups in total. The fourth-order valence-corrected chi connectivity index (χ4v) is 4.36. The first kappa shape index (κ1) is 18.2. The minimum atomic E-state index is -0.0180. The molecule has 8 nitrogen and oxygen atoms in total. The van der Waals surface area contributed by atoms with Crippen molar-refractivity contribution in [3.63, 3.8) is 0 Å². The summed E-state index contributed by atoms with van der Waals surface area (Å²) in [6.07, 6.45) is 8.09. The van der Waals surface area contributed by atoms with Crippen LogP contribution in [-0.4, -0.2) is 37.4 Å². The first-order valence-corrected chi connectivity index (χ1v) is 10.2. The zero-order valence-corrected chi connectivity index (χ0v) is 16.5. The molecule has 0 aromatic carbocycles. The third kappa shape index (κ3) is 3.60. The Morgan fingerprint density at radius 3 is 2.93 bits per heavy atom. The zero-order valence-electron chi connectivity index (χ0n) is 16.5. The average molecular weight is 392 g/mol. The summed E-state index contributed by atoms with van der Waals surface area (Å²) in [5, 5.41) is 9.26. The Labute approximate surface area is 168 Å². The molecule has 150 valence electrons. The monoisotopic (exact) mass is 392 g/mol. The van der Waals surface area contributed by atoms with Crippen LogP contribution in [0.1, 0.15) is 48.8 Å². The number of fused-ring (bicyclic) bond motifs is 2. The van der Waals surface area contributed by atoms with Gasteiger partial charge in [0.2, 0.25) is 0 Å². The van der Waals surface area contributed by atoms with Crippen LogP contribution < -0.4 is 10.9 Å². The van der Waals surface area contributed by atoms with E-state index in [0.717, 1.165) is 65.9 Å². The quantitative estimate of drug-likeness (QED) is 0.732. The maximum absolute atomic E-state index is 12.6. The lowest BCUT2D eigenvalue weighted by Gasteiger charge is -2.30. The zero-order chi connectivity index (χ0) is 19.8. The van der Waals surface area contributed by atoms with Gasteiger partial charge in [0, 0.05) is 35.7 Å². The molecular weight excluding hydrogens is 368 g/mol. The van der Waals surface area contributed by atoms with Gasteiger partial charge in [0.15, 0.2) is 0 Å². The first-order chi connectivity index (χ1) is 14.2. The van der Waals surface area contributed by atoms with E-state index in [4.69, 9.17) is 4.74 Å². The SMILES string of the molecule is Cc1nc(NC2CCC(n3nc4c(cc3=O)COCC4)CC2)c2ccncc2n1. The van der Waals surface area contributed by atoms with E-state index in [2.05, 4.69) is 25.4 Å². The van der Waals surface area contributed by atoms with Gasteiger partial charge in [-0.1, -0.05) is 0 Å². The van der Waals surface area contributed by atoms with Crippen LogP contribution >= 0.6 is 0 Å². The van der Waals surface area contributed by atoms with E-state index in [1.807, 2.05) is 13.0 Å². The van der Waals surface area contributed by atoms with E-state index in [-0.39, 0.29) is 11.6 Å². The van der Waals surface area contributed by atoms with E-state index in [1.165, 1.54) is 0 Å². The summed E-state index contributed by atoms with van der Waals surface area (Å²) in [4.78, 5) is 25.8. The van der Waals surface area contributed by atoms with E-state index in [0.29, 0.717) is 19.3 Å². The standard InChI is InChI=1S/C21H24N6O2/c1-13-23-19-11-22-8-6-17(19)21(24-13)25-15-2-4-16(5-3-15)27-20(28)10-14-12-29-9-7-18(14)26-27/h6,8,10-11,15-16H,2-5,7,9,12H2,1H3,(H,23,24,25). The molecule has 3 aromatic heterocycles. The van der Waals surface area contributed by atoms with Gasteiger partial charge < -0.3 is 10.1 Å². The molecule has 29 heavy (non-hydrogen) atoms. The average Bonchev–Trinajstić information content (AvgIpc) is 2.74. The molecule has 0 spiro atoms. The maximum atomic E-state index is 12.6. The van der Waals surface area contributed by atoms with Crippen molar-refractivity contribution in [2.75, 3.05) is 11.9 Å². The molecule has 8 heteroatoms. The number of nitrogens with zero attached hydrogens (tertiary/aromatic N) is 5. The number of pyridine rings is 1. The van der Waals surface area contributed by atoms with Crippen LogP contribution in [0.5, 0.6) is 0 Å². The topological polar surface area (TPSA) is 94.8 Å². The molecule has 0 amide bonds. The number of aromatic nitrogens is 5. The number of ether oxygens (including phenoxy) is 1. The summed E-state index contributed by atoms with van der Waals surface area (Å²) in [7, 11) is 0. The van der Waals surface area contributed by atoms with Gasteiger partial charge in [0.1, 0.15) is 11.6 Å². The first-order valence-electron chi connectivity index (χ1n) is 10.2. The van der Waals surface area contributed by atoms with Crippen LogP contribution in [0.4, 0.5) is 5.82 Å². The molecule has 0 radical (unpaired) electrons. The van der Waals surface area contributed by atoms with Crippen molar-refractivity contribution in [2.24, 2.45) is 0 Å². The predicted octanol–water partition coefficient (Wildman–Crippen LogP) is 2.56. The molecule has 5 rings (SSSR count). The van der Waals surface area contributed by atoms with Gasteiger partial charge in [-0.05, 0) is 38.7 Å². The smallest absolute Gasteiger partial charge is 0.267 e. The fraction of sp³-hybridized carbons (Fsp3) is 0.476. The molecule has 1 aliphatic carbocycles. The Morgan fingerprint density at radius 2 is 2.07 bits per heavy atom. The van der Waals surface area contributed by atoms with Crippen LogP contribution in [-0.2, 0) is 17.8 Å². The third-order valence-corrected chi connectivity index (χ3v) is 5.86. The molecular formula is C21H24N6O2. The number of anilines is 1. The highest BCUT2D eigenvalue weighted by atomic mass is 16.5. The van der Waals surface area contributed by atoms with E-state index >= 15 is 0 Å². The van der Waals surface area contributed by atoms with Gasteiger partial charge >= 0.3 is 0 Å². The molecule has 0 bridgehead atoms. The Kier molecular flexibility index (Phi) is 4.71. The summed E-state index contributed by atoms with van der Waals surface area (Å²) in [5.41, 5.74) is 2.78. The summed E-state index contributed by atoms with van der Waals surface area (Å²) in [5.74, 6) is 1.60. The molecule has 3 aromatic rings. The Bertz CT molecular complexity index is 1100. The lowest BCUT2D eigenvalue weighted by molar-refractivity contribution is 0.107. The van der Waals surface area contributed by atoms with Crippen LogP contribution in [0.25, 0.3) is 10.9 Å². The number of rotatable bonds is 3. The van der Waals surface area contributed by atoms with Gasteiger partial charge in [-0.15, -0.1) is 0 Å².